The molecule has 0 saturated heterocycles. The lowest BCUT2D eigenvalue weighted by molar-refractivity contribution is -0.230. The lowest BCUT2D eigenvalue weighted by atomic mass is 10.7. The van der Waals surface area contributed by atoms with Crippen molar-refractivity contribution in [3.8, 4) is 0 Å². The fraction of sp³-hybridized carbons (Fsp3) is 1.00. The van der Waals surface area contributed by atoms with E-state index in [2.05, 4.69) is 0 Å². The van der Waals surface area contributed by atoms with Crippen LogP contribution in [0.25, 0.3) is 0 Å². The Bertz CT molecular complexity index is 160. The van der Waals surface area contributed by atoms with Crippen LogP contribution in [0.2, 0.25) is 0 Å². The molecule has 0 radical (unpaired) electrons. The van der Waals surface area contributed by atoms with E-state index in [-0.39, 0.29) is 5.75 Å². The number of thiol groups is 1. The molecule has 5 nitrogen and oxygen atoms in total. The van der Waals surface area contributed by atoms with Crippen LogP contribution in [0.4, 0.5) is 0 Å². The summed E-state index contributed by atoms with van der Waals surface area (Å²) in [6.45, 7) is 0. The van der Waals surface area contributed by atoms with Crippen LogP contribution in [-0.4, -0.2) is 51.6 Å². The van der Waals surface area contributed by atoms with Gasteiger partial charge in [0.05, 0.1) is 0 Å². The number of rotatable bonds is 5. The highest BCUT2D eigenvalue weighted by atomic mass is 32.2. The molecule has 0 saturated carbocycles. The van der Waals surface area contributed by atoms with Crippen LogP contribution in [0.15, 0.2) is 0 Å². The maximum Gasteiger partial charge on any atom is 0.266 e. The van der Waals surface area contributed by atoms with Gasteiger partial charge in [-0.25, -0.2) is 8.42 Å². The van der Waals surface area contributed by atoms with Crippen LogP contribution in [0, 0.1) is 0 Å². The van der Waals surface area contributed by atoms with E-state index in [1.807, 2.05) is 0 Å². The highest BCUT2D eigenvalue weighted by Gasteiger charge is 2.28. The normalized spacial score (nSPS) is 17.5. The van der Waals surface area contributed by atoms with E-state index in [0.29, 0.717) is 31.5 Å². The molecule has 9 heteroatoms. The second-order valence-corrected chi connectivity index (χ2v) is 3.99. The second-order valence-electron chi connectivity index (χ2n) is 1.79. The van der Waals surface area contributed by atoms with Gasteiger partial charge in [0, 0.05) is 0 Å². The molecule has 0 unspecified atom stereocenters. The van der Waals surface area contributed by atoms with E-state index < -0.39 is 16.7 Å². The number of hydrogen-bond donors (Lipinski definition) is 1. The summed E-state index contributed by atoms with van der Waals surface area (Å²) in [7, 11) is -1.32. The molecule has 0 spiro atoms. The van der Waals surface area contributed by atoms with Gasteiger partial charge in [0.1, 0.15) is 16.5 Å². The summed E-state index contributed by atoms with van der Waals surface area (Å²) in [5, 5.41) is 0. The Morgan fingerprint density at radius 3 is 1.55 bits per heavy atom. The standard InChI is InChI=1S/C2H12O5SSi3/c3-8(4)1-2(5-9,6-10)7-11/h8H,1H2,9-11H3. The van der Waals surface area contributed by atoms with Gasteiger partial charge in [-0.3, -0.25) is 0 Å². The van der Waals surface area contributed by atoms with Crippen molar-refractivity contribution in [2.24, 2.45) is 0 Å². The molecule has 0 aromatic heterocycles. The van der Waals surface area contributed by atoms with Crippen molar-refractivity contribution >= 4 is 42.2 Å². The van der Waals surface area contributed by atoms with Gasteiger partial charge >= 0.3 is 0 Å². The van der Waals surface area contributed by atoms with E-state index >= 15 is 0 Å². The van der Waals surface area contributed by atoms with Crippen LogP contribution in [-0.2, 0) is 24.0 Å². The monoisotopic (exact) mass is 232 g/mol. The predicted octanol–water partition coefficient (Wildman–Crippen LogP) is -4.86. The molecule has 0 aromatic rings. The van der Waals surface area contributed by atoms with Crippen LogP contribution >= 0.6 is 0 Å². The van der Waals surface area contributed by atoms with Gasteiger partial charge < -0.3 is 13.3 Å². The Kier molecular flexibility index (Phi) is 5.41. The molecule has 0 aromatic carbocycles. The fourth-order valence-electron chi connectivity index (χ4n) is 0.602. The van der Waals surface area contributed by atoms with E-state index in [1.165, 1.54) is 0 Å². The minimum atomic E-state index is -2.51. The van der Waals surface area contributed by atoms with E-state index in [0.717, 1.165) is 0 Å². The summed E-state index contributed by atoms with van der Waals surface area (Å²) in [5.74, 6) is -1.47. The minimum absolute atomic E-state index is 0.209. The van der Waals surface area contributed by atoms with Crippen LogP contribution in [0.1, 0.15) is 0 Å². The average Bonchev–Trinajstić information content (AvgIpc) is 2.00. The molecule has 0 rings (SSSR count). The zero-order valence-electron chi connectivity index (χ0n) is 6.70. The lowest BCUT2D eigenvalue weighted by Crippen LogP contribution is -2.41. The van der Waals surface area contributed by atoms with Crippen LogP contribution in [0.3, 0.4) is 0 Å². The van der Waals surface area contributed by atoms with Crippen molar-refractivity contribution in [2.75, 3.05) is 5.75 Å². The first-order valence-corrected chi connectivity index (χ1v) is 6.68. The third-order valence-corrected chi connectivity index (χ3v) is 3.77. The summed E-state index contributed by atoms with van der Waals surface area (Å²) in [4.78, 5) is 0. The molecule has 68 valence electrons. The van der Waals surface area contributed by atoms with Gasteiger partial charge in [-0.05, 0) is 0 Å². The highest BCUT2D eigenvalue weighted by molar-refractivity contribution is 7.72. The Hall–Kier alpha value is 0.481. The van der Waals surface area contributed by atoms with Gasteiger partial charge in [-0.2, -0.15) is 0 Å². The Balaban J connectivity index is 4.28. The van der Waals surface area contributed by atoms with Crippen molar-refractivity contribution in [1.29, 1.82) is 0 Å². The summed E-state index contributed by atoms with van der Waals surface area (Å²) in [6, 6.07) is 0. The molecule has 0 aliphatic carbocycles. The predicted molar refractivity (Wildman–Crippen MR) is 51.0 cm³/mol. The Morgan fingerprint density at radius 2 is 1.45 bits per heavy atom. The zero-order valence-corrected chi connectivity index (χ0v) is 13.6. The fourth-order valence-corrected chi connectivity index (χ4v) is 4.47. The van der Waals surface area contributed by atoms with Crippen molar-refractivity contribution in [2.45, 2.75) is 5.97 Å². The third-order valence-electron chi connectivity index (χ3n) is 1.26. The Morgan fingerprint density at radius 1 is 1.09 bits per heavy atom. The maximum absolute atomic E-state index is 10.3. The highest BCUT2D eigenvalue weighted by Crippen LogP contribution is 2.10. The largest absolute Gasteiger partial charge is 0.381 e. The van der Waals surface area contributed by atoms with E-state index in [9.17, 15) is 8.42 Å². The average molecular weight is 232 g/mol. The topological polar surface area (TPSA) is 61.8 Å². The molecule has 11 heavy (non-hydrogen) atoms. The lowest BCUT2D eigenvalue weighted by Gasteiger charge is -2.28. The second kappa shape index (κ2) is 5.18. The first kappa shape index (κ1) is 11.5. The zero-order chi connectivity index (χ0) is 8.91. The Labute approximate surface area is 76.0 Å². The van der Waals surface area contributed by atoms with Gasteiger partial charge in [0.2, 0.25) is 0 Å². The summed E-state index contributed by atoms with van der Waals surface area (Å²) in [6.07, 6.45) is 0. The molecule has 0 aliphatic rings. The minimum Gasteiger partial charge on any atom is -0.381 e. The third kappa shape index (κ3) is 3.59. The van der Waals surface area contributed by atoms with Crippen LogP contribution in [0.5, 0.6) is 0 Å². The molecular formula is C2H12O5SSi3. The molecule has 0 aliphatic heterocycles. The summed E-state index contributed by atoms with van der Waals surface area (Å²) >= 11 is 0. The first-order valence-electron chi connectivity index (χ1n) is 2.87. The van der Waals surface area contributed by atoms with Crippen molar-refractivity contribution < 1.29 is 21.7 Å². The summed E-state index contributed by atoms with van der Waals surface area (Å²) < 4.78 is 35.5. The maximum atomic E-state index is 10.3. The molecule has 0 N–H and O–H groups in total. The summed E-state index contributed by atoms with van der Waals surface area (Å²) in [5.41, 5.74) is 0. The van der Waals surface area contributed by atoms with Gasteiger partial charge in [-0.15, -0.1) is 0 Å². The molecule has 0 fully saturated rings. The quantitative estimate of drug-likeness (QED) is 0.293. The van der Waals surface area contributed by atoms with E-state index in [4.69, 9.17) is 13.3 Å². The van der Waals surface area contributed by atoms with Crippen LogP contribution < -0.4 is 0 Å². The van der Waals surface area contributed by atoms with Crippen molar-refractivity contribution in [1.82, 2.24) is 0 Å². The molecule has 0 atom stereocenters. The van der Waals surface area contributed by atoms with Crippen molar-refractivity contribution in [3.05, 3.63) is 0 Å². The molecule has 0 heterocycles. The van der Waals surface area contributed by atoms with Gasteiger partial charge in [0.15, 0.2) is 31.5 Å². The van der Waals surface area contributed by atoms with Crippen molar-refractivity contribution in [3.63, 3.8) is 0 Å². The number of hydrogen-bond acceptors (Lipinski definition) is 5. The van der Waals surface area contributed by atoms with E-state index in [1.54, 1.807) is 0 Å². The smallest absolute Gasteiger partial charge is 0.266 e. The first-order chi connectivity index (χ1) is 5.10. The SMILES string of the molecule is O=[SH](=O)CC(O[SiH3])(O[SiH3])O[SiH3]. The van der Waals surface area contributed by atoms with Gasteiger partial charge in [0.25, 0.3) is 5.97 Å². The molecule has 0 amide bonds. The van der Waals surface area contributed by atoms with Gasteiger partial charge in [-0.1, -0.05) is 0 Å². The molecule has 0 bridgehead atoms. The molecular weight excluding hydrogens is 220 g/mol.